The monoisotopic (exact) mass is 200 g/mol. The zero-order chi connectivity index (χ0) is 9.80. The third-order valence-electron chi connectivity index (χ3n) is 3.44. The fourth-order valence-electron chi connectivity index (χ4n) is 2.57. The van der Waals surface area contributed by atoms with Crippen LogP contribution in [0.5, 0.6) is 0 Å². The summed E-state index contributed by atoms with van der Waals surface area (Å²) >= 11 is 0. The molecule has 4 nitrogen and oxygen atoms in total. The van der Waals surface area contributed by atoms with Gasteiger partial charge < -0.3 is 9.47 Å². The Balaban J connectivity index is 1.89. The second-order valence-electron chi connectivity index (χ2n) is 4.27. The highest BCUT2D eigenvalue weighted by Gasteiger charge is 2.32. The van der Waals surface area contributed by atoms with Gasteiger partial charge in [-0.2, -0.15) is 0 Å². The number of hydrogen-bond acceptors (Lipinski definition) is 4. The fourth-order valence-corrected chi connectivity index (χ4v) is 2.57. The highest BCUT2D eigenvalue weighted by molar-refractivity contribution is 4.84. The van der Waals surface area contributed by atoms with E-state index in [1.807, 2.05) is 0 Å². The van der Waals surface area contributed by atoms with Crippen LogP contribution in [-0.4, -0.2) is 32.5 Å². The van der Waals surface area contributed by atoms with Crippen molar-refractivity contribution < 1.29 is 9.47 Å². The van der Waals surface area contributed by atoms with Crippen LogP contribution in [0.1, 0.15) is 19.3 Å². The zero-order valence-electron chi connectivity index (χ0n) is 8.58. The molecule has 2 atom stereocenters. The third-order valence-corrected chi connectivity index (χ3v) is 3.44. The molecule has 0 radical (unpaired) electrons. The summed E-state index contributed by atoms with van der Waals surface area (Å²) in [5, 5.41) is 0. The van der Waals surface area contributed by atoms with Gasteiger partial charge in [-0.3, -0.25) is 11.3 Å². The smallest absolute Gasteiger partial charge is 0.0510 e. The van der Waals surface area contributed by atoms with Gasteiger partial charge in [-0.05, 0) is 25.2 Å². The van der Waals surface area contributed by atoms with E-state index in [2.05, 4.69) is 5.43 Å². The second kappa shape index (κ2) is 5.07. The number of nitrogens with two attached hydrogens (primary N) is 1. The van der Waals surface area contributed by atoms with E-state index >= 15 is 0 Å². The molecule has 2 saturated heterocycles. The lowest BCUT2D eigenvalue weighted by Gasteiger charge is -2.33. The molecule has 82 valence electrons. The Bertz CT molecular complexity index is 166. The normalized spacial score (nSPS) is 31.9. The molecule has 0 spiro atoms. The van der Waals surface area contributed by atoms with Crippen molar-refractivity contribution >= 4 is 0 Å². The van der Waals surface area contributed by atoms with E-state index in [0.717, 1.165) is 45.7 Å². The van der Waals surface area contributed by atoms with Crippen molar-refractivity contribution in [3.8, 4) is 0 Å². The molecule has 2 aliphatic rings. The van der Waals surface area contributed by atoms with Crippen molar-refractivity contribution in [3.05, 3.63) is 0 Å². The Morgan fingerprint density at radius 1 is 1.00 bits per heavy atom. The van der Waals surface area contributed by atoms with Gasteiger partial charge in [-0.25, -0.2) is 0 Å². The molecule has 4 heteroatoms. The van der Waals surface area contributed by atoms with E-state index in [4.69, 9.17) is 15.3 Å². The van der Waals surface area contributed by atoms with Crippen molar-refractivity contribution in [1.29, 1.82) is 0 Å². The van der Waals surface area contributed by atoms with Gasteiger partial charge in [0.15, 0.2) is 0 Å². The largest absolute Gasteiger partial charge is 0.381 e. The van der Waals surface area contributed by atoms with E-state index in [-0.39, 0.29) is 0 Å². The van der Waals surface area contributed by atoms with Crippen molar-refractivity contribution in [2.45, 2.75) is 25.3 Å². The Kier molecular flexibility index (Phi) is 3.75. The Labute approximate surface area is 85.1 Å². The molecule has 2 unspecified atom stereocenters. The molecular weight excluding hydrogens is 180 g/mol. The Morgan fingerprint density at radius 2 is 1.64 bits per heavy atom. The van der Waals surface area contributed by atoms with E-state index in [0.29, 0.717) is 17.9 Å². The van der Waals surface area contributed by atoms with Gasteiger partial charge >= 0.3 is 0 Å². The maximum Gasteiger partial charge on any atom is 0.0510 e. The van der Waals surface area contributed by atoms with Gasteiger partial charge in [-0.1, -0.05) is 0 Å². The highest BCUT2D eigenvalue weighted by atomic mass is 16.5. The number of ether oxygens (including phenoxy) is 2. The predicted molar refractivity (Wildman–Crippen MR) is 53.6 cm³/mol. The molecule has 0 saturated carbocycles. The van der Waals surface area contributed by atoms with Crippen LogP contribution in [0.4, 0.5) is 0 Å². The summed E-state index contributed by atoms with van der Waals surface area (Å²) < 4.78 is 10.8. The van der Waals surface area contributed by atoms with Crippen LogP contribution in [0.3, 0.4) is 0 Å². The molecule has 2 fully saturated rings. The molecule has 0 aromatic heterocycles. The van der Waals surface area contributed by atoms with Crippen LogP contribution < -0.4 is 11.3 Å². The molecule has 0 aromatic rings. The molecule has 14 heavy (non-hydrogen) atoms. The summed E-state index contributed by atoms with van der Waals surface area (Å²) in [6.45, 7) is 3.53. The summed E-state index contributed by atoms with van der Waals surface area (Å²) in [6, 6.07) is 0.418. The molecule has 2 heterocycles. The lowest BCUT2D eigenvalue weighted by Crippen LogP contribution is -2.48. The molecule has 0 aliphatic carbocycles. The van der Waals surface area contributed by atoms with Gasteiger partial charge in [0.2, 0.25) is 0 Å². The number of rotatable bonds is 3. The van der Waals surface area contributed by atoms with Crippen LogP contribution in [0.15, 0.2) is 0 Å². The minimum Gasteiger partial charge on any atom is -0.381 e. The van der Waals surface area contributed by atoms with Crippen molar-refractivity contribution in [2.75, 3.05) is 26.4 Å². The van der Waals surface area contributed by atoms with Gasteiger partial charge in [0.1, 0.15) is 0 Å². The first kappa shape index (κ1) is 10.4. The molecular formula is C10H20N2O2. The SMILES string of the molecule is NNC(C1CCOCC1)C1CCOC1. The maximum absolute atomic E-state index is 5.64. The average molecular weight is 200 g/mol. The minimum atomic E-state index is 0.418. The highest BCUT2D eigenvalue weighted by Crippen LogP contribution is 2.27. The predicted octanol–water partition coefficient (Wildman–Crippen LogP) is 0.281. The summed E-state index contributed by atoms with van der Waals surface area (Å²) in [5.74, 6) is 6.90. The zero-order valence-corrected chi connectivity index (χ0v) is 8.58. The molecule has 2 rings (SSSR count). The minimum absolute atomic E-state index is 0.418. The summed E-state index contributed by atoms with van der Waals surface area (Å²) in [5.41, 5.74) is 2.98. The molecule has 3 N–H and O–H groups in total. The van der Waals surface area contributed by atoms with Gasteiger partial charge in [0, 0.05) is 31.8 Å². The van der Waals surface area contributed by atoms with Crippen LogP contribution in [-0.2, 0) is 9.47 Å². The topological polar surface area (TPSA) is 56.5 Å². The van der Waals surface area contributed by atoms with E-state index in [1.54, 1.807) is 0 Å². The summed E-state index contributed by atoms with van der Waals surface area (Å²) in [4.78, 5) is 0. The number of nitrogens with one attached hydrogen (secondary N) is 1. The third kappa shape index (κ3) is 2.25. The molecule has 0 amide bonds. The number of hydrogen-bond donors (Lipinski definition) is 2. The summed E-state index contributed by atoms with van der Waals surface area (Å²) in [6.07, 6.45) is 3.41. The van der Waals surface area contributed by atoms with Crippen LogP contribution in [0.2, 0.25) is 0 Å². The Hall–Kier alpha value is -0.160. The van der Waals surface area contributed by atoms with E-state index in [1.165, 1.54) is 0 Å². The van der Waals surface area contributed by atoms with E-state index < -0.39 is 0 Å². The average Bonchev–Trinajstić information content (AvgIpc) is 2.74. The van der Waals surface area contributed by atoms with Crippen molar-refractivity contribution in [3.63, 3.8) is 0 Å². The second-order valence-corrected chi connectivity index (χ2v) is 4.27. The summed E-state index contributed by atoms with van der Waals surface area (Å²) in [7, 11) is 0. The number of hydrazine groups is 1. The Morgan fingerprint density at radius 3 is 2.21 bits per heavy atom. The maximum atomic E-state index is 5.64. The molecule has 2 aliphatic heterocycles. The van der Waals surface area contributed by atoms with Crippen molar-refractivity contribution in [1.82, 2.24) is 5.43 Å². The van der Waals surface area contributed by atoms with Crippen LogP contribution in [0, 0.1) is 11.8 Å². The lowest BCUT2D eigenvalue weighted by atomic mass is 9.83. The van der Waals surface area contributed by atoms with Gasteiger partial charge in [-0.15, -0.1) is 0 Å². The first-order valence-corrected chi connectivity index (χ1v) is 5.53. The fraction of sp³-hybridized carbons (Fsp3) is 1.00. The van der Waals surface area contributed by atoms with Crippen molar-refractivity contribution in [2.24, 2.45) is 17.7 Å². The first-order chi connectivity index (χ1) is 6.92. The molecule has 0 aromatic carbocycles. The van der Waals surface area contributed by atoms with E-state index in [9.17, 15) is 0 Å². The van der Waals surface area contributed by atoms with Crippen LogP contribution in [0.25, 0.3) is 0 Å². The van der Waals surface area contributed by atoms with Gasteiger partial charge in [0.25, 0.3) is 0 Å². The quantitative estimate of drug-likeness (QED) is 0.507. The van der Waals surface area contributed by atoms with Gasteiger partial charge in [0.05, 0.1) is 6.61 Å². The first-order valence-electron chi connectivity index (χ1n) is 5.53. The standard InChI is InChI=1S/C10H20N2O2/c11-12-10(9-3-6-14-7-9)8-1-4-13-5-2-8/h8-10,12H,1-7,11H2. The molecule has 0 bridgehead atoms. The lowest BCUT2D eigenvalue weighted by molar-refractivity contribution is 0.0427. The van der Waals surface area contributed by atoms with Crippen LogP contribution >= 0.6 is 0 Å².